The average molecular weight is 199 g/mol. The highest BCUT2D eigenvalue weighted by Crippen LogP contribution is 2.48. The number of hydrogen-bond acceptors (Lipinski definition) is 3. The van der Waals surface area contributed by atoms with E-state index in [0.29, 0.717) is 19.3 Å². The van der Waals surface area contributed by atoms with Gasteiger partial charge in [-0.2, -0.15) is 0 Å². The molecule has 1 aliphatic carbocycles. The van der Waals surface area contributed by atoms with Crippen molar-refractivity contribution in [2.75, 3.05) is 26.8 Å². The third kappa shape index (κ3) is 2.07. The molecule has 0 amide bonds. The Morgan fingerprint density at radius 2 is 2.43 bits per heavy atom. The monoisotopic (exact) mass is 199 g/mol. The third-order valence-electron chi connectivity index (χ3n) is 3.31. The van der Waals surface area contributed by atoms with Crippen LogP contribution in [0.2, 0.25) is 0 Å². The summed E-state index contributed by atoms with van der Waals surface area (Å²) in [5.41, 5.74) is 0. The summed E-state index contributed by atoms with van der Waals surface area (Å²) >= 11 is 0. The first kappa shape index (κ1) is 9.93. The van der Waals surface area contributed by atoms with Crippen LogP contribution in [0.3, 0.4) is 0 Å². The van der Waals surface area contributed by atoms with Crippen molar-refractivity contribution in [1.82, 2.24) is 4.90 Å². The van der Waals surface area contributed by atoms with Crippen molar-refractivity contribution >= 4 is 5.97 Å². The largest absolute Gasteiger partial charge is 0.481 e. The van der Waals surface area contributed by atoms with Gasteiger partial charge in [-0.3, -0.25) is 4.79 Å². The second-order valence-corrected chi connectivity index (χ2v) is 4.39. The van der Waals surface area contributed by atoms with Gasteiger partial charge in [-0.1, -0.05) is 0 Å². The molecule has 2 fully saturated rings. The molecule has 0 spiro atoms. The van der Waals surface area contributed by atoms with E-state index in [-0.39, 0.29) is 6.42 Å². The summed E-state index contributed by atoms with van der Waals surface area (Å²) < 4.78 is 5.37. The second-order valence-electron chi connectivity index (χ2n) is 4.39. The number of piperidine rings is 1. The molecule has 0 bridgehead atoms. The van der Waals surface area contributed by atoms with Gasteiger partial charge in [-0.05, 0) is 25.3 Å². The van der Waals surface area contributed by atoms with E-state index in [1.807, 2.05) is 0 Å². The van der Waals surface area contributed by atoms with E-state index in [1.54, 1.807) is 0 Å². The summed E-state index contributed by atoms with van der Waals surface area (Å²) in [4.78, 5) is 12.6. The standard InChI is InChI=1S/C10H17NO3/c1-11-5-7-4-8(7)9(11)6-14-3-2-10(12)13/h7-9H,2-6H2,1H3,(H,12,13)/t7-,8-,9+/m0/s1. The van der Waals surface area contributed by atoms with E-state index in [2.05, 4.69) is 11.9 Å². The zero-order valence-corrected chi connectivity index (χ0v) is 8.48. The van der Waals surface area contributed by atoms with Gasteiger partial charge in [0.05, 0.1) is 19.6 Å². The Hall–Kier alpha value is -0.610. The zero-order chi connectivity index (χ0) is 10.1. The van der Waals surface area contributed by atoms with Crippen LogP contribution in [0.25, 0.3) is 0 Å². The molecule has 1 N–H and O–H groups in total. The van der Waals surface area contributed by atoms with Crippen LogP contribution in [0, 0.1) is 11.8 Å². The molecule has 4 heteroatoms. The number of ether oxygens (including phenoxy) is 1. The molecule has 80 valence electrons. The van der Waals surface area contributed by atoms with Crippen molar-refractivity contribution in [2.24, 2.45) is 11.8 Å². The smallest absolute Gasteiger partial charge is 0.305 e. The van der Waals surface area contributed by atoms with Crippen molar-refractivity contribution in [3.63, 3.8) is 0 Å². The van der Waals surface area contributed by atoms with Crippen molar-refractivity contribution in [3.05, 3.63) is 0 Å². The number of carboxylic acid groups (broad SMARTS) is 1. The molecule has 0 aromatic heterocycles. The molecule has 1 saturated heterocycles. The molecular formula is C10H17NO3. The minimum absolute atomic E-state index is 0.116. The lowest BCUT2D eigenvalue weighted by Crippen LogP contribution is -2.33. The van der Waals surface area contributed by atoms with Gasteiger partial charge in [0.1, 0.15) is 0 Å². The molecule has 4 nitrogen and oxygen atoms in total. The van der Waals surface area contributed by atoms with Gasteiger partial charge in [0, 0.05) is 12.6 Å². The SMILES string of the molecule is CN1C[C@@H]2C[C@@H]2[C@H]1COCCC(=O)O. The normalized spacial score (nSPS) is 35.6. The zero-order valence-electron chi connectivity index (χ0n) is 8.48. The number of carbonyl (C=O) groups is 1. The van der Waals surface area contributed by atoms with Crippen LogP contribution in [-0.2, 0) is 9.53 Å². The maximum absolute atomic E-state index is 10.2. The Morgan fingerprint density at radius 1 is 1.64 bits per heavy atom. The van der Waals surface area contributed by atoms with Gasteiger partial charge in [0.15, 0.2) is 0 Å². The second kappa shape index (κ2) is 3.87. The summed E-state index contributed by atoms with van der Waals surface area (Å²) in [6, 6.07) is 0.536. The molecule has 14 heavy (non-hydrogen) atoms. The molecule has 2 aliphatic rings. The molecule has 2 rings (SSSR count). The van der Waals surface area contributed by atoms with Crippen LogP contribution >= 0.6 is 0 Å². The van der Waals surface area contributed by atoms with Crippen molar-refractivity contribution in [2.45, 2.75) is 18.9 Å². The maximum atomic E-state index is 10.2. The summed E-state index contributed by atoms with van der Waals surface area (Å²) in [6.07, 6.45) is 1.46. The Balaban J connectivity index is 1.63. The van der Waals surface area contributed by atoms with Crippen LogP contribution in [0.4, 0.5) is 0 Å². The highest BCUT2D eigenvalue weighted by atomic mass is 16.5. The van der Waals surface area contributed by atoms with Gasteiger partial charge in [0.25, 0.3) is 0 Å². The Labute approximate surface area is 83.8 Å². The summed E-state index contributed by atoms with van der Waals surface area (Å²) in [5, 5.41) is 8.43. The molecule has 1 aliphatic heterocycles. The fourth-order valence-electron chi connectivity index (χ4n) is 2.40. The predicted molar refractivity (Wildman–Crippen MR) is 51.1 cm³/mol. The van der Waals surface area contributed by atoms with Crippen LogP contribution in [0.5, 0.6) is 0 Å². The first-order chi connectivity index (χ1) is 6.68. The number of rotatable bonds is 5. The van der Waals surface area contributed by atoms with E-state index >= 15 is 0 Å². The van der Waals surface area contributed by atoms with Crippen LogP contribution in [0.1, 0.15) is 12.8 Å². The summed E-state index contributed by atoms with van der Waals surface area (Å²) in [7, 11) is 2.12. The number of likely N-dealkylation sites (N-methyl/N-ethyl adjacent to an activating group) is 1. The Bertz CT molecular complexity index is 229. The molecule has 1 saturated carbocycles. The highest BCUT2D eigenvalue weighted by molar-refractivity contribution is 5.66. The van der Waals surface area contributed by atoms with Gasteiger partial charge in [-0.15, -0.1) is 0 Å². The van der Waals surface area contributed by atoms with Gasteiger partial charge in [0.2, 0.25) is 0 Å². The number of nitrogens with zero attached hydrogens (tertiary/aromatic N) is 1. The number of fused-ring (bicyclic) bond motifs is 1. The van der Waals surface area contributed by atoms with Gasteiger partial charge < -0.3 is 14.7 Å². The van der Waals surface area contributed by atoms with Crippen molar-refractivity contribution in [3.8, 4) is 0 Å². The predicted octanol–water partition coefficient (Wildman–Crippen LogP) is 0.428. The van der Waals surface area contributed by atoms with E-state index < -0.39 is 5.97 Å². The molecule has 1 heterocycles. The minimum Gasteiger partial charge on any atom is -0.481 e. The van der Waals surface area contributed by atoms with Gasteiger partial charge in [-0.25, -0.2) is 0 Å². The molecule has 0 aromatic carbocycles. The first-order valence-electron chi connectivity index (χ1n) is 5.18. The molecule has 0 aromatic rings. The summed E-state index contributed by atoms with van der Waals surface area (Å²) in [5.74, 6) is 0.937. The quantitative estimate of drug-likeness (QED) is 0.652. The number of likely N-dealkylation sites (tertiary alicyclic amines) is 1. The lowest BCUT2D eigenvalue weighted by atomic mass is 10.2. The first-order valence-corrected chi connectivity index (χ1v) is 5.18. The van der Waals surface area contributed by atoms with Gasteiger partial charge >= 0.3 is 5.97 Å². The Morgan fingerprint density at radius 3 is 3.00 bits per heavy atom. The molecule has 3 atom stereocenters. The fourth-order valence-corrected chi connectivity index (χ4v) is 2.40. The molecule has 0 radical (unpaired) electrons. The summed E-state index contributed by atoms with van der Waals surface area (Å²) in [6.45, 7) is 2.24. The van der Waals surface area contributed by atoms with Crippen LogP contribution < -0.4 is 0 Å². The average Bonchev–Trinajstić information content (AvgIpc) is 2.77. The lowest BCUT2D eigenvalue weighted by molar-refractivity contribution is -0.138. The van der Waals surface area contributed by atoms with Crippen molar-refractivity contribution in [1.29, 1.82) is 0 Å². The fraction of sp³-hybridized carbons (Fsp3) is 0.900. The topological polar surface area (TPSA) is 49.8 Å². The number of hydrogen-bond donors (Lipinski definition) is 1. The van der Waals surface area contributed by atoms with E-state index in [4.69, 9.17) is 9.84 Å². The van der Waals surface area contributed by atoms with Crippen LogP contribution in [0.15, 0.2) is 0 Å². The minimum atomic E-state index is -0.783. The van der Waals surface area contributed by atoms with Crippen molar-refractivity contribution < 1.29 is 14.6 Å². The number of carboxylic acids is 1. The molecular weight excluding hydrogens is 182 g/mol. The number of aliphatic carboxylic acids is 1. The highest BCUT2D eigenvalue weighted by Gasteiger charge is 2.50. The van der Waals surface area contributed by atoms with E-state index in [9.17, 15) is 4.79 Å². The lowest BCUT2D eigenvalue weighted by Gasteiger charge is -2.22. The maximum Gasteiger partial charge on any atom is 0.305 e. The van der Waals surface area contributed by atoms with E-state index in [1.165, 1.54) is 13.0 Å². The Kier molecular flexibility index (Phi) is 2.74. The van der Waals surface area contributed by atoms with Crippen LogP contribution in [-0.4, -0.2) is 48.8 Å². The molecule has 0 unspecified atom stereocenters. The van der Waals surface area contributed by atoms with E-state index in [0.717, 1.165) is 11.8 Å². The third-order valence-corrected chi connectivity index (χ3v) is 3.31.